The van der Waals surface area contributed by atoms with Crippen LogP contribution in [0.15, 0.2) is 89.8 Å². The van der Waals surface area contributed by atoms with Crippen molar-refractivity contribution in [1.82, 2.24) is 10.2 Å². The number of carbonyl (C=O) groups excluding carboxylic acids is 2. The molecule has 10 nitrogen and oxygen atoms in total. The van der Waals surface area contributed by atoms with E-state index in [9.17, 15) is 28.1 Å². The first-order chi connectivity index (χ1) is 20.2. The standard InChI is InChI=1S/C31H36N4O6S/c1-2-29(31(37)32-25-14-9-10-15-25)33(21-20-24-12-5-3-6-13-24)30(36)23-34(26-16-11-17-27(22-26)35(38)39)42(40,41)28-18-7-4-8-19-28/h3-8,11-13,16-19,22,25,29H,2,9-10,14-15,20-21,23H2,1H3,(H,32,37)/t29-/m0/s1. The first kappa shape index (κ1) is 30.7. The molecule has 1 N–H and O–H groups in total. The fourth-order valence-corrected chi connectivity index (χ4v) is 6.70. The third-order valence-electron chi connectivity index (χ3n) is 7.51. The zero-order valence-corrected chi connectivity index (χ0v) is 24.4. The van der Waals surface area contributed by atoms with Gasteiger partial charge in [-0.1, -0.05) is 74.4 Å². The number of non-ortho nitro benzene ring substituents is 1. The quantitative estimate of drug-likeness (QED) is 0.226. The molecule has 0 aromatic heterocycles. The molecule has 0 spiro atoms. The van der Waals surface area contributed by atoms with E-state index < -0.39 is 33.4 Å². The highest BCUT2D eigenvalue weighted by Gasteiger charge is 2.34. The van der Waals surface area contributed by atoms with Gasteiger partial charge < -0.3 is 10.2 Å². The lowest BCUT2D eigenvalue weighted by molar-refractivity contribution is -0.384. The Balaban J connectivity index is 1.69. The van der Waals surface area contributed by atoms with Crippen molar-refractivity contribution in [2.24, 2.45) is 0 Å². The number of sulfonamides is 1. The van der Waals surface area contributed by atoms with E-state index in [0.717, 1.165) is 41.6 Å². The Morgan fingerprint density at radius 1 is 0.976 bits per heavy atom. The minimum atomic E-state index is -4.30. The van der Waals surface area contributed by atoms with Gasteiger partial charge in [0.2, 0.25) is 11.8 Å². The molecule has 0 saturated heterocycles. The van der Waals surface area contributed by atoms with Crippen LogP contribution in [0.2, 0.25) is 0 Å². The van der Waals surface area contributed by atoms with Crippen LogP contribution in [0.4, 0.5) is 11.4 Å². The van der Waals surface area contributed by atoms with Gasteiger partial charge in [-0.15, -0.1) is 0 Å². The molecule has 4 rings (SSSR count). The molecule has 1 aliphatic carbocycles. The first-order valence-electron chi connectivity index (χ1n) is 14.2. The van der Waals surface area contributed by atoms with Crippen LogP contribution < -0.4 is 9.62 Å². The molecule has 1 atom stereocenters. The van der Waals surface area contributed by atoms with Gasteiger partial charge in [0.15, 0.2) is 0 Å². The predicted molar refractivity (Wildman–Crippen MR) is 160 cm³/mol. The smallest absolute Gasteiger partial charge is 0.271 e. The number of nitro groups is 1. The summed E-state index contributed by atoms with van der Waals surface area (Å²) in [6.45, 7) is 1.37. The first-order valence-corrected chi connectivity index (χ1v) is 15.6. The molecule has 3 aromatic carbocycles. The van der Waals surface area contributed by atoms with Crippen molar-refractivity contribution >= 4 is 33.2 Å². The van der Waals surface area contributed by atoms with E-state index in [4.69, 9.17) is 0 Å². The number of nitrogens with one attached hydrogen (secondary N) is 1. The van der Waals surface area contributed by atoms with Gasteiger partial charge in [0.1, 0.15) is 12.6 Å². The van der Waals surface area contributed by atoms with Gasteiger partial charge >= 0.3 is 0 Å². The molecular weight excluding hydrogens is 556 g/mol. The van der Waals surface area contributed by atoms with Crippen molar-refractivity contribution in [2.45, 2.75) is 62.4 Å². The molecule has 222 valence electrons. The maximum atomic E-state index is 14.1. The van der Waals surface area contributed by atoms with Gasteiger partial charge in [0.25, 0.3) is 15.7 Å². The third-order valence-corrected chi connectivity index (χ3v) is 9.30. The summed E-state index contributed by atoms with van der Waals surface area (Å²) in [5.74, 6) is -0.844. The molecule has 0 aliphatic heterocycles. The van der Waals surface area contributed by atoms with Crippen molar-refractivity contribution in [3.63, 3.8) is 0 Å². The van der Waals surface area contributed by atoms with Crippen molar-refractivity contribution in [3.8, 4) is 0 Å². The molecule has 1 aliphatic rings. The highest BCUT2D eigenvalue weighted by molar-refractivity contribution is 7.92. The van der Waals surface area contributed by atoms with Crippen LogP contribution in [0, 0.1) is 10.1 Å². The average molecular weight is 593 g/mol. The molecule has 0 unspecified atom stereocenters. The summed E-state index contributed by atoms with van der Waals surface area (Å²) < 4.78 is 28.6. The number of nitrogens with zero attached hydrogens (tertiary/aromatic N) is 3. The second-order valence-corrected chi connectivity index (χ2v) is 12.2. The molecule has 11 heteroatoms. The van der Waals surface area contributed by atoms with Crippen molar-refractivity contribution in [2.75, 3.05) is 17.4 Å². The Labute approximate surface area is 246 Å². The average Bonchev–Trinajstić information content (AvgIpc) is 3.51. The lowest BCUT2D eigenvalue weighted by Crippen LogP contribution is -2.54. The summed E-state index contributed by atoms with van der Waals surface area (Å²) in [4.78, 5) is 39.8. The SMILES string of the molecule is CC[C@@H](C(=O)NC1CCCC1)N(CCc1ccccc1)C(=O)CN(c1cccc([N+](=O)[O-])c1)S(=O)(=O)c1ccccc1. The molecule has 1 fully saturated rings. The summed E-state index contributed by atoms with van der Waals surface area (Å²) in [6.07, 6.45) is 4.64. The number of hydrogen-bond donors (Lipinski definition) is 1. The predicted octanol–water partition coefficient (Wildman–Crippen LogP) is 4.70. The summed E-state index contributed by atoms with van der Waals surface area (Å²) in [6, 6.07) is 21.6. The van der Waals surface area contributed by atoms with Crippen LogP contribution >= 0.6 is 0 Å². The van der Waals surface area contributed by atoms with E-state index in [0.29, 0.717) is 12.8 Å². The van der Waals surface area contributed by atoms with E-state index in [1.165, 1.54) is 35.2 Å². The van der Waals surface area contributed by atoms with Gasteiger partial charge in [-0.05, 0) is 49.4 Å². The van der Waals surface area contributed by atoms with E-state index in [2.05, 4.69) is 5.32 Å². The maximum absolute atomic E-state index is 14.1. The van der Waals surface area contributed by atoms with Gasteiger partial charge in [-0.25, -0.2) is 8.42 Å². The summed E-state index contributed by atoms with van der Waals surface area (Å²) in [5, 5.41) is 14.6. The number of anilines is 1. The largest absolute Gasteiger partial charge is 0.352 e. The second-order valence-electron chi connectivity index (χ2n) is 10.3. The minimum Gasteiger partial charge on any atom is -0.352 e. The summed E-state index contributed by atoms with van der Waals surface area (Å²) >= 11 is 0. The van der Waals surface area contributed by atoms with Crippen LogP contribution in [0.3, 0.4) is 0 Å². The van der Waals surface area contributed by atoms with Gasteiger partial charge in [0.05, 0.1) is 15.5 Å². The summed E-state index contributed by atoms with van der Waals surface area (Å²) in [5.41, 5.74) is 0.637. The lowest BCUT2D eigenvalue weighted by Gasteiger charge is -2.33. The fourth-order valence-electron chi connectivity index (χ4n) is 5.27. The maximum Gasteiger partial charge on any atom is 0.271 e. The van der Waals surface area contributed by atoms with Gasteiger partial charge in [0, 0.05) is 24.7 Å². The molecule has 42 heavy (non-hydrogen) atoms. The number of amides is 2. The lowest BCUT2D eigenvalue weighted by atomic mass is 10.1. The molecular formula is C31H36N4O6S. The molecule has 0 radical (unpaired) electrons. The van der Waals surface area contributed by atoms with Crippen LogP contribution in [0.5, 0.6) is 0 Å². The minimum absolute atomic E-state index is 0.0205. The highest BCUT2D eigenvalue weighted by atomic mass is 32.2. The molecule has 0 bridgehead atoms. The fraction of sp³-hybridized carbons (Fsp3) is 0.355. The number of benzene rings is 3. The Morgan fingerprint density at radius 3 is 2.24 bits per heavy atom. The Kier molecular flexibility index (Phi) is 10.3. The summed E-state index contributed by atoms with van der Waals surface area (Å²) in [7, 11) is -4.30. The van der Waals surface area contributed by atoms with Crippen LogP contribution in [-0.4, -0.2) is 55.2 Å². The van der Waals surface area contributed by atoms with Crippen molar-refractivity contribution in [3.05, 3.63) is 101 Å². The topological polar surface area (TPSA) is 130 Å². The van der Waals surface area contributed by atoms with E-state index in [1.807, 2.05) is 37.3 Å². The Bertz CT molecular complexity index is 1480. The van der Waals surface area contributed by atoms with E-state index in [1.54, 1.807) is 18.2 Å². The second kappa shape index (κ2) is 14.1. The highest BCUT2D eigenvalue weighted by Crippen LogP contribution is 2.27. The molecule has 1 saturated carbocycles. The van der Waals surface area contributed by atoms with Crippen LogP contribution in [0.25, 0.3) is 0 Å². The zero-order valence-electron chi connectivity index (χ0n) is 23.6. The Morgan fingerprint density at radius 2 is 1.62 bits per heavy atom. The van der Waals surface area contributed by atoms with E-state index in [-0.39, 0.29) is 34.8 Å². The van der Waals surface area contributed by atoms with E-state index >= 15 is 0 Å². The zero-order chi connectivity index (χ0) is 30.1. The van der Waals surface area contributed by atoms with Crippen LogP contribution in [0.1, 0.15) is 44.6 Å². The van der Waals surface area contributed by atoms with Crippen molar-refractivity contribution in [1.29, 1.82) is 0 Å². The van der Waals surface area contributed by atoms with Gasteiger partial charge in [-0.2, -0.15) is 0 Å². The Hall–Kier alpha value is -4.25. The van der Waals surface area contributed by atoms with Crippen LogP contribution in [-0.2, 0) is 26.0 Å². The van der Waals surface area contributed by atoms with Crippen molar-refractivity contribution < 1.29 is 22.9 Å². The molecule has 0 heterocycles. The third kappa shape index (κ3) is 7.52. The number of carbonyl (C=O) groups is 2. The molecule has 3 aromatic rings. The monoisotopic (exact) mass is 592 g/mol. The van der Waals surface area contributed by atoms with Gasteiger partial charge in [-0.3, -0.25) is 24.0 Å². The normalized spacial score (nSPS) is 14.2. The number of hydrogen-bond acceptors (Lipinski definition) is 6. The number of nitro benzene ring substituents is 1. The molecule has 2 amide bonds. The number of rotatable bonds is 13.